The highest BCUT2D eigenvalue weighted by Crippen LogP contribution is 2.15. The Balaban J connectivity index is 3.68. The summed E-state index contributed by atoms with van der Waals surface area (Å²) >= 11 is 0. The molecule has 0 aliphatic rings. The van der Waals surface area contributed by atoms with Crippen molar-refractivity contribution in [3.63, 3.8) is 0 Å². The molecule has 0 aliphatic heterocycles. The topological polar surface area (TPSA) is 89.8 Å². The van der Waals surface area contributed by atoms with Gasteiger partial charge < -0.3 is 20.6 Å². The molecule has 0 aromatic heterocycles. The van der Waals surface area contributed by atoms with Gasteiger partial charge in [0.2, 0.25) is 5.91 Å². The van der Waals surface area contributed by atoms with E-state index in [0.717, 1.165) is 32.1 Å². The summed E-state index contributed by atoms with van der Waals surface area (Å²) in [7, 11) is 0. The highest BCUT2D eigenvalue weighted by atomic mass is 16.3. The van der Waals surface area contributed by atoms with Crippen LogP contribution in [0.4, 0.5) is 0 Å². The van der Waals surface area contributed by atoms with Gasteiger partial charge in [-0.15, -0.1) is 0 Å². The number of hydrogen-bond donors (Lipinski definition) is 4. The van der Waals surface area contributed by atoms with Crippen LogP contribution >= 0.6 is 0 Å². The number of aliphatic hydroxyl groups excluding tert-OH is 3. The predicted molar refractivity (Wildman–Crippen MR) is 172 cm³/mol. The Bertz CT molecular complexity index is 516. The molecule has 0 fully saturated rings. The second-order valence-corrected chi connectivity index (χ2v) is 12.4. The van der Waals surface area contributed by atoms with E-state index in [1.165, 1.54) is 135 Å². The molecule has 0 aromatic rings. The number of unbranched alkanes of at least 4 members (excludes halogenated alkanes) is 24. The third-order valence-electron chi connectivity index (χ3n) is 8.48. The van der Waals surface area contributed by atoms with Gasteiger partial charge in [0, 0.05) is 0 Å². The van der Waals surface area contributed by atoms with E-state index in [1.807, 2.05) is 0 Å². The zero-order chi connectivity index (χ0) is 29.5. The minimum atomic E-state index is -1.06. The number of amides is 1. The van der Waals surface area contributed by atoms with E-state index in [0.29, 0.717) is 12.8 Å². The Kier molecular flexibility index (Phi) is 30.8. The summed E-state index contributed by atoms with van der Waals surface area (Å²) in [5.74, 6) is -0.470. The molecule has 0 aliphatic carbocycles. The van der Waals surface area contributed by atoms with Crippen molar-refractivity contribution in [3.05, 3.63) is 0 Å². The molecule has 0 saturated heterocycles. The van der Waals surface area contributed by atoms with Gasteiger partial charge in [0.1, 0.15) is 6.10 Å². The summed E-state index contributed by atoms with van der Waals surface area (Å²) in [5, 5.41) is 33.0. The molecule has 0 heterocycles. The highest BCUT2D eigenvalue weighted by molar-refractivity contribution is 5.80. The Morgan fingerprint density at radius 1 is 0.500 bits per heavy atom. The third-order valence-corrected chi connectivity index (χ3v) is 8.48. The Labute approximate surface area is 249 Å². The van der Waals surface area contributed by atoms with E-state index in [2.05, 4.69) is 19.2 Å². The molecule has 40 heavy (non-hydrogen) atoms. The molecule has 0 rings (SSSR count). The molecule has 1 amide bonds. The van der Waals surface area contributed by atoms with Gasteiger partial charge in [-0.25, -0.2) is 0 Å². The van der Waals surface area contributed by atoms with Crippen LogP contribution in [-0.2, 0) is 4.79 Å². The van der Waals surface area contributed by atoms with Gasteiger partial charge in [0.25, 0.3) is 0 Å². The van der Waals surface area contributed by atoms with Gasteiger partial charge in [-0.1, -0.05) is 181 Å². The van der Waals surface area contributed by atoms with E-state index in [4.69, 9.17) is 0 Å². The first kappa shape index (κ1) is 39.4. The fraction of sp³-hybridized carbons (Fsp3) is 0.971. The van der Waals surface area contributed by atoms with Crippen LogP contribution in [0.15, 0.2) is 0 Å². The predicted octanol–water partition coefficient (Wildman–Crippen LogP) is 9.15. The van der Waals surface area contributed by atoms with Crippen molar-refractivity contribution in [2.45, 2.75) is 212 Å². The summed E-state index contributed by atoms with van der Waals surface area (Å²) in [4.78, 5) is 12.4. The molecular weight excluding hydrogens is 498 g/mol. The molecule has 5 heteroatoms. The average Bonchev–Trinajstić information content (AvgIpc) is 2.96. The van der Waals surface area contributed by atoms with E-state index in [-0.39, 0.29) is 6.61 Å². The van der Waals surface area contributed by atoms with Gasteiger partial charge in [0.05, 0.1) is 18.8 Å². The number of aliphatic hydroxyl groups is 3. The smallest absolute Gasteiger partial charge is 0.249 e. The first-order valence-corrected chi connectivity index (χ1v) is 17.8. The van der Waals surface area contributed by atoms with E-state index >= 15 is 0 Å². The van der Waals surface area contributed by atoms with Gasteiger partial charge in [0.15, 0.2) is 0 Å². The molecule has 3 atom stereocenters. The lowest BCUT2D eigenvalue weighted by atomic mass is 10.0. The van der Waals surface area contributed by atoms with Gasteiger partial charge >= 0.3 is 0 Å². The first-order valence-electron chi connectivity index (χ1n) is 17.8. The standard InChI is InChI=1S/C35H71NO4/c1-3-5-7-9-11-13-15-17-19-21-23-25-27-29-33(38)32(31-37)36-35(40)34(39)30-28-26-24-22-20-18-16-14-12-10-8-6-4-2/h32-34,37-39H,3-31H2,1-2H3,(H,36,40)/t32-,33+,34?/m0/s1. The highest BCUT2D eigenvalue weighted by Gasteiger charge is 2.23. The number of rotatable bonds is 32. The van der Waals surface area contributed by atoms with Crippen LogP contribution in [0.3, 0.4) is 0 Å². The van der Waals surface area contributed by atoms with Crippen molar-refractivity contribution in [3.8, 4) is 0 Å². The van der Waals surface area contributed by atoms with Crippen LogP contribution in [0.5, 0.6) is 0 Å². The van der Waals surface area contributed by atoms with Gasteiger partial charge in [-0.2, -0.15) is 0 Å². The molecule has 0 bridgehead atoms. The monoisotopic (exact) mass is 570 g/mol. The fourth-order valence-electron chi connectivity index (χ4n) is 5.60. The second-order valence-electron chi connectivity index (χ2n) is 12.4. The SMILES string of the molecule is CCCCCCCCCCCCCCCC(O)C(=O)N[C@@H](CO)[C@H](O)CCCCCCCCCCCCCCC. The van der Waals surface area contributed by atoms with Crippen molar-refractivity contribution < 1.29 is 20.1 Å². The van der Waals surface area contributed by atoms with Crippen LogP contribution in [0.1, 0.15) is 194 Å². The second kappa shape index (κ2) is 31.3. The van der Waals surface area contributed by atoms with Crippen LogP contribution in [0.2, 0.25) is 0 Å². The Hall–Kier alpha value is -0.650. The van der Waals surface area contributed by atoms with Gasteiger partial charge in [-0.3, -0.25) is 4.79 Å². The zero-order valence-corrected chi connectivity index (χ0v) is 27.0. The molecule has 0 aromatic carbocycles. The summed E-state index contributed by atoms with van der Waals surface area (Å²) in [6, 6.07) is -0.703. The fourth-order valence-corrected chi connectivity index (χ4v) is 5.60. The van der Waals surface area contributed by atoms with E-state index < -0.39 is 24.2 Å². The van der Waals surface area contributed by atoms with E-state index in [1.54, 1.807) is 0 Å². The molecule has 4 N–H and O–H groups in total. The van der Waals surface area contributed by atoms with Crippen molar-refractivity contribution in [1.29, 1.82) is 0 Å². The van der Waals surface area contributed by atoms with Gasteiger partial charge in [-0.05, 0) is 12.8 Å². The molecule has 1 unspecified atom stereocenters. The largest absolute Gasteiger partial charge is 0.394 e. The average molecular weight is 570 g/mol. The summed E-state index contributed by atoms with van der Waals surface area (Å²) in [5.41, 5.74) is 0. The summed E-state index contributed by atoms with van der Waals surface area (Å²) < 4.78 is 0. The summed E-state index contributed by atoms with van der Waals surface area (Å²) in [6.45, 7) is 4.21. The maximum Gasteiger partial charge on any atom is 0.249 e. The van der Waals surface area contributed by atoms with Crippen LogP contribution in [0.25, 0.3) is 0 Å². The molecule has 240 valence electrons. The Morgan fingerprint density at radius 2 is 0.800 bits per heavy atom. The molecule has 0 radical (unpaired) electrons. The molecular formula is C35H71NO4. The normalized spacial score (nSPS) is 13.8. The van der Waals surface area contributed by atoms with Crippen molar-refractivity contribution in [2.24, 2.45) is 0 Å². The van der Waals surface area contributed by atoms with Crippen LogP contribution in [0, 0.1) is 0 Å². The lowest BCUT2D eigenvalue weighted by molar-refractivity contribution is -0.131. The molecule has 5 nitrogen and oxygen atoms in total. The number of hydrogen-bond acceptors (Lipinski definition) is 4. The third kappa shape index (κ3) is 26.3. The van der Waals surface area contributed by atoms with E-state index in [9.17, 15) is 20.1 Å². The Morgan fingerprint density at radius 3 is 1.12 bits per heavy atom. The first-order chi connectivity index (χ1) is 19.6. The lowest BCUT2D eigenvalue weighted by Crippen LogP contribution is -2.49. The zero-order valence-electron chi connectivity index (χ0n) is 27.0. The van der Waals surface area contributed by atoms with Crippen molar-refractivity contribution in [2.75, 3.05) is 6.61 Å². The van der Waals surface area contributed by atoms with Crippen LogP contribution < -0.4 is 5.32 Å². The minimum absolute atomic E-state index is 0.309. The minimum Gasteiger partial charge on any atom is -0.394 e. The number of carbonyl (C=O) groups excluding carboxylic acids is 1. The number of carbonyl (C=O) groups is 1. The molecule has 0 spiro atoms. The van der Waals surface area contributed by atoms with Crippen molar-refractivity contribution >= 4 is 5.91 Å². The number of nitrogens with one attached hydrogen (secondary N) is 1. The van der Waals surface area contributed by atoms with Crippen LogP contribution in [-0.4, -0.2) is 46.1 Å². The maximum absolute atomic E-state index is 12.4. The van der Waals surface area contributed by atoms with Crippen molar-refractivity contribution in [1.82, 2.24) is 5.32 Å². The summed E-state index contributed by atoms with van der Waals surface area (Å²) in [6.07, 6.45) is 32.2. The lowest BCUT2D eigenvalue weighted by Gasteiger charge is -2.23. The molecule has 0 saturated carbocycles. The maximum atomic E-state index is 12.4. The quantitative estimate of drug-likeness (QED) is 0.0608.